The molecule has 0 aliphatic carbocycles. The van der Waals surface area contributed by atoms with Gasteiger partial charge in [-0.15, -0.1) is 0 Å². The molecule has 2 aliphatic rings. The van der Waals surface area contributed by atoms with Gasteiger partial charge in [-0.2, -0.15) is 0 Å². The number of fused-ring (bicyclic) bond motifs is 1. The SMILES string of the molecule is NCCN1CCC[C@]2(C(=O)O)CN(CCCc3ccccc3)CC[C@@H]12. The van der Waals surface area contributed by atoms with E-state index in [9.17, 15) is 9.90 Å². The van der Waals surface area contributed by atoms with Gasteiger partial charge in [-0.05, 0) is 57.3 Å². The van der Waals surface area contributed by atoms with Gasteiger partial charge in [-0.1, -0.05) is 30.3 Å². The summed E-state index contributed by atoms with van der Waals surface area (Å²) in [4.78, 5) is 16.9. The molecule has 2 aliphatic heterocycles. The van der Waals surface area contributed by atoms with Crippen LogP contribution in [-0.4, -0.2) is 66.2 Å². The van der Waals surface area contributed by atoms with Crippen LogP contribution in [0.2, 0.25) is 0 Å². The zero-order valence-corrected chi connectivity index (χ0v) is 15.1. The number of hydrogen-bond donors (Lipinski definition) is 2. The molecule has 0 amide bonds. The quantitative estimate of drug-likeness (QED) is 0.789. The van der Waals surface area contributed by atoms with Crippen LogP contribution >= 0.6 is 0 Å². The normalized spacial score (nSPS) is 27.8. The standard InChI is InChI=1S/C20H31N3O2/c21-11-15-23-13-5-10-20(19(24)25)16-22(14-9-18(20)23)12-4-8-17-6-2-1-3-7-17/h1-3,6-7,18H,4-5,8-16,21H2,(H,24,25)/t18-,20+/m1/s1. The number of aryl methyl sites for hydroxylation is 1. The van der Waals surface area contributed by atoms with E-state index in [4.69, 9.17) is 5.73 Å². The van der Waals surface area contributed by atoms with Crippen LogP contribution in [0.5, 0.6) is 0 Å². The number of aliphatic carboxylic acids is 1. The lowest BCUT2D eigenvalue weighted by atomic mass is 9.69. The van der Waals surface area contributed by atoms with Crippen molar-refractivity contribution < 1.29 is 9.90 Å². The van der Waals surface area contributed by atoms with Crippen molar-refractivity contribution >= 4 is 5.97 Å². The van der Waals surface area contributed by atoms with E-state index in [-0.39, 0.29) is 6.04 Å². The van der Waals surface area contributed by atoms with Crippen molar-refractivity contribution in [2.24, 2.45) is 11.1 Å². The van der Waals surface area contributed by atoms with Gasteiger partial charge < -0.3 is 15.7 Å². The van der Waals surface area contributed by atoms with Gasteiger partial charge in [0.1, 0.15) is 0 Å². The van der Waals surface area contributed by atoms with Gasteiger partial charge in [-0.25, -0.2) is 0 Å². The fourth-order valence-corrected chi connectivity index (χ4v) is 4.79. The lowest BCUT2D eigenvalue weighted by molar-refractivity contribution is -0.164. The van der Waals surface area contributed by atoms with Crippen LogP contribution in [0.4, 0.5) is 0 Å². The highest BCUT2D eigenvalue weighted by atomic mass is 16.4. The molecule has 0 unspecified atom stereocenters. The van der Waals surface area contributed by atoms with E-state index in [0.717, 1.165) is 58.3 Å². The fourth-order valence-electron chi connectivity index (χ4n) is 4.79. The van der Waals surface area contributed by atoms with E-state index >= 15 is 0 Å². The molecule has 3 rings (SSSR count). The third-order valence-corrected chi connectivity index (χ3v) is 6.00. The molecular formula is C20H31N3O2. The number of rotatable bonds is 7. The molecule has 0 radical (unpaired) electrons. The first-order valence-electron chi connectivity index (χ1n) is 9.59. The summed E-state index contributed by atoms with van der Waals surface area (Å²) < 4.78 is 0. The first-order valence-corrected chi connectivity index (χ1v) is 9.59. The van der Waals surface area contributed by atoms with E-state index in [2.05, 4.69) is 34.1 Å². The first-order chi connectivity index (χ1) is 12.2. The predicted molar refractivity (Wildman–Crippen MR) is 99.5 cm³/mol. The largest absolute Gasteiger partial charge is 0.481 e. The Kier molecular flexibility index (Phi) is 6.10. The fraction of sp³-hybridized carbons (Fsp3) is 0.650. The van der Waals surface area contributed by atoms with Crippen molar-refractivity contribution in [2.45, 2.75) is 38.1 Å². The lowest BCUT2D eigenvalue weighted by Gasteiger charge is -2.53. The smallest absolute Gasteiger partial charge is 0.312 e. The minimum atomic E-state index is -0.619. The molecule has 0 bridgehead atoms. The summed E-state index contributed by atoms with van der Waals surface area (Å²) in [5.41, 5.74) is 6.49. The number of piperidine rings is 2. The van der Waals surface area contributed by atoms with Gasteiger partial charge in [0, 0.05) is 25.7 Å². The van der Waals surface area contributed by atoms with Crippen molar-refractivity contribution in [1.29, 1.82) is 0 Å². The monoisotopic (exact) mass is 345 g/mol. The summed E-state index contributed by atoms with van der Waals surface area (Å²) in [5, 5.41) is 10.0. The van der Waals surface area contributed by atoms with Crippen LogP contribution in [0, 0.1) is 5.41 Å². The highest BCUT2D eigenvalue weighted by Crippen LogP contribution is 2.41. The van der Waals surface area contributed by atoms with E-state index in [1.165, 1.54) is 5.56 Å². The zero-order chi connectivity index (χ0) is 17.7. The van der Waals surface area contributed by atoms with Crippen LogP contribution < -0.4 is 5.73 Å². The minimum absolute atomic E-state index is 0.146. The molecule has 2 heterocycles. The lowest BCUT2D eigenvalue weighted by Crippen LogP contribution is -2.64. The Bertz CT molecular complexity index is 563. The van der Waals surface area contributed by atoms with Crippen molar-refractivity contribution in [3.8, 4) is 0 Å². The van der Waals surface area contributed by atoms with Crippen LogP contribution in [0.1, 0.15) is 31.2 Å². The molecule has 0 spiro atoms. The van der Waals surface area contributed by atoms with Crippen LogP contribution in [0.15, 0.2) is 30.3 Å². The number of benzene rings is 1. The summed E-state index contributed by atoms with van der Waals surface area (Å²) in [7, 11) is 0. The Morgan fingerprint density at radius 2 is 2.04 bits per heavy atom. The van der Waals surface area contributed by atoms with Gasteiger partial charge in [0.05, 0.1) is 5.41 Å². The van der Waals surface area contributed by atoms with E-state index < -0.39 is 11.4 Å². The molecule has 2 saturated heterocycles. The van der Waals surface area contributed by atoms with Gasteiger partial charge in [0.2, 0.25) is 0 Å². The molecule has 2 fully saturated rings. The van der Waals surface area contributed by atoms with Gasteiger partial charge >= 0.3 is 5.97 Å². The Morgan fingerprint density at radius 3 is 2.76 bits per heavy atom. The van der Waals surface area contributed by atoms with Gasteiger partial charge in [0.15, 0.2) is 0 Å². The second-order valence-electron chi connectivity index (χ2n) is 7.56. The van der Waals surface area contributed by atoms with Gasteiger partial charge in [-0.3, -0.25) is 9.69 Å². The third-order valence-electron chi connectivity index (χ3n) is 6.00. The predicted octanol–water partition coefficient (Wildman–Crippen LogP) is 1.82. The van der Waals surface area contributed by atoms with Crippen LogP contribution in [-0.2, 0) is 11.2 Å². The second kappa shape index (κ2) is 8.30. The van der Waals surface area contributed by atoms with Crippen molar-refractivity contribution in [3.05, 3.63) is 35.9 Å². The Hall–Kier alpha value is -1.43. The molecule has 1 aromatic carbocycles. The second-order valence-corrected chi connectivity index (χ2v) is 7.56. The number of likely N-dealkylation sites (tertiary alicyclic amines) is 2. The molecular weight excluding hydrogens is 314 g/mol. The Labute approximate surface area is 150 Å². The molecule has 0 aromatic heterocycles. The zero-order valence-electron chi connectivity index (χ0n) is 15.1. The molecule has 25 heavy (non-hydrogen) atoms. The van der Waals surface area contributed by atoms with Gasteiger partial charge in [0.25, 0.3) is 0 Å². The maximum atomic E-state index is 12.2. The van der Waals surface area contributed by atoms with E-state index in [1.54, 1.807) is 0 Å². The maximum Gasteiger partial charge on any atom is 0.312 e. The summed E-state index contributed by atoms with van der Waals surface area (Å²) >= 11 is 0. The topological polar surface area (TPSA) is 69.8 Å². The summed E-state index contributed by atoms with van der Waals surface area (Å²) in [6, 6.07) is 10.7. The summed E-state index contributed by atoms with van der Waals surface area (Å²) in [5.74, 6) is -0.619. The highest BCUT2D eigenvalue weighted by Gasteiger charge is 2.52. The van der Waals surface area contributed by atoms with Crippen molar-refractivity contribution in [2.75, 3.05) is 39.3 Å². The number of nitrogens with zero attached hydrogens (tertiary/aromatic N) is 2. The number of hydrogen-bond acceptors (Lipinski definition) is 4. The summed E-state index contributed by atoms with van der Waals surface area (Å²) in [6.45, 7) is 5.07. The molecule has 138 valence electrons. The minimum Gasteiger partial charge on any atom is -0.481 e. The molecule has 0 saturated carbocycles. The number of carboxylic acids is 1. The molecule has 3 N–H and O–H groups in total. The van der Waals surface area contributed by atoms with Crippen molar-refractivity contribution in [1.82, 2.24) is 9.80 Å². The molecule has 2 atom stereocenters. The molecule has 1 aromatic rings. The maximum absolute atomic E-state index is 12.2. The van der Waals surface area contributed by atoms with E-state index in [1.807, 2.05) is 6.07 Å². The van der Waals surface area contributed by atoms with Crippen LogP contribution in [0.3, 0.4) is 0 Å². The average molecular weight is 345 g/mol. The number of carbonyl (C=O) groups is 1. The highest BCUT2D eigenvalue weighted by molar-refractivity contribution is 5.76. The number of nitrogens with two attached hydrogens (primary N) is 1. The molecule has 5 heteroatoms. The van der Waals surface area contributed by atoms with Crippen molar-refractivity contribution in [3.63, 3.8) is 0 Å². The average Bonchev–Trinajstić information content (AvgIpc) is 2.63. The Morgan fingerprint density at radius 1 is 1.24 bits per heavy atom. The third kappa shape index (κ3) is 4.05. The summed E-state index contributed by atoms with van der Waals surface area (Å²) in [6.07, 6.45) is 4.83. The van der Waals surface area contributed by atoms with Crippen LogP contribution in [0.25, 0.3) is 0 Å². The molecule has 5 nitrogen and oxygen atoms in total. The first kappa shape index (κ1) is 18.4. The Balaban J connectivity index is 1.61. The number of carboxylic acid groups (broad SMARTS) is 1. The van der Waals surface area contributed by atoms with E-state index in [0.29, 0.717) is 13.1 Å².